The maximum atomic E-state index is 6.17. The van der Waals surface area contributed by atoms with Crippen LogP contribution in [0.3, 0.4) is 0 Å². The lowest BCUT2D eigenvalue weighted by Crippen LogP contribution is -1.94. The molecule has 0 aliphatic rings. The van der Waals surface area contributed by atoms with E-state index in [0.717, 1.165) is 16.5 Å². The van der Waals surface area contributed by atoms with Crippen LogP contribution in [-0.2, 0) is 0 Å². The summed E-state index contributed by atoms with van der Waals surface area (Å²) in [5.74, 6) is 1.17. The summed E-state index contributed by atoms with van der Waals surface area (Å²) in [5, 5.41) is 1.43. The van der Waals surface area contributed by atoms with Crippen LogP contribution in [0.1, 0.15) is 5.56 Å². The molecular formula is C16H13ClN2O. The molecule has 0 aliphatic carbocycles. The molecule has 0 aliphatic heterocycles. The zero-order chi connectivity index (χ0) is 14.1. The van der Waals surface area contributed by atoms with E-state index in [1.165, 1.54) is 0 Å². The normalized spacial score (nSPS) is 10.7. The van der Waals surface area contributed by atoms with Crippen molar-refractivity contribution >= 4 is 28.2 Å². The Hall–Kier alpha value is -2.26. The molecule has 0 radical (unpaired) electrons. The molecule has 3 nitrogen and oxygen atoms in total. The predicted molar refractivity (Wildman–Crippen MR) is 82.4 cm³/mol. The van der Waals surface area contributed by atoms with Gasteiger partial charge in [-0.05, 0) is 48.9 Å². The second-order valence-corrected chi connectivity index (χ2v) is 4.99. The van der Waals surface area contributed by atoms with Gasteiger partial charge >= 0.3 is 0 Å². The number of hydrogen-bond donors (Lipinski definition) is 1. The third kappa shape index (κ3) is 2.28. The molecule has 0 bridgehead atoms. The fraction of sp³-hybridized carbons (Fsp3) is 0.0625. The van der Waals surface area contributed by atoms with Gasteiger partial charge in [-0.2, -0.15) is 0 Å². The van der Waals surface area contributed by atoms with Crippen LogP contribution in [0.4, 0.5) is 5.69 Å². The quantitative estimate of drug-likeness (QED) is 0.701. The molecular weight excluding hydrogens is 272 g/mol. The van der Waals surface area contributed by atoms with E-state index >= 15 is 0 Å². The number of benzene rings is 2. The maximum Gasteiger partial charge on any atom is 0.151 e. The molecule has 2 N–H and O–H groups in total. The first kappa shape index (κ1) is 12.8. The number of ether oxygens (including phenoxy) is 1. The maximum absolute atomic E-state index is 6.17. The highest BCUT2D eigenvalue weighted by Crippen LogP contribution is 2.36. The molecule has 4 heteroatoms. The summed E-state index contributed by atoms with van der Waals surface area (Å²) in [6.07, 6.45) is 1.74. The number of anilines is 1. The summed E-state index contributed by atoms with van der Waals surface area (Å²) >= 11 is 6.17. The molecule has 3 aromatic rings. The van der Waals surface area contributed by atoms with Crippen LogP contribution < -0.4 is 10.5 Å². The number of nitrogen functional groups attached to an aromatic ring is 1. The fourth-order valence-corrected chi connectivity index (χ4v) is 2.32. The van der Waals surface area contributed by atoms with Gasteiger partial charge in [0.15, 0.2) is 5.75 Å². The van der Waals surface area contributed by atoms with Crippen LogP contribution in [0, 0.1) is 6.92 Å². The molecule has 3 rings (SSSR count). The molecule has 100 valence electrons. The largest absolute Gasteiger partial charge is 0.454 e. The first-order valence-corrected chi connectivity index (χ1v) is 6.60. The molecule has 20 heavy (non-hydrogen) atoms. The Labute approximate surface area is 122 Å². The van der Waals surface area contributed by atoms with Crippen molar-refractivity contribution < 1.29 is 4.74 Å². The second kappa shape index (κ2) is 5.02. The molecule has 0 saturated carbocycles. The van der Waals surface area contributed by atoms with Gasteiger partial charge < -0.3 is 10.5 Å². The number of aryl methyl sites for hydroxylation is 1. The summed E-state index contributed by atoms with van der Waals surface area (Å²) < 4.78 is 5.82. The van der Waals surface area contributed by atoms with E-state index in [4.69, 9.17) is 22.1 Å². The molecule has 0 spiro atoms. The summed E-state index contributed by atoms with van der Waals surface area (Å²) in [7, 11) is 0. The van der Waals surface area contributed by atoms with Crippen LogP contribution >= 0.6 is 11.6 Å². The highest BCUT2D eigenvalue weighted by Gasteiger charge is 2.09. The minimum atomic E-state index is 0.562. The Morgan fingerprint density at radius 1 is 1.10 bits per heavy atom. The minimum absolute atomic E-state index is 0.562. The Morgan fingerprint density at radius 3 is 2.70 bits per heavy atom. The van der Waals surface area contributed by atoms with E-state index in [2.05, 4.69) is 4.98 Å². The SMILES string of the molecule is Cc1ccc(Oc2ccc3ncccc3c2N)c(Cl)c1. The average molecular weight is 285 g/mol. The Bertz CT molecular complexity index is 787. The molecule has 0 atom stereocenters. The van der Waals surface area contributed by atoms with Crippen molar-refractivity contribution in [2.24, 2.45) is 0 Å². The summed E-state index contributed by atoms with van der Waals surface area (Å²) in [4.78, 5) is 4.26. The zero-order valence-electron chi connectivity index (χ0n) is 10.9. The first-order valence-electron chi connectivity index (χ1n) is 6.22. The van der Waals surface area contributed by atoms with Crippen molar-refractivity contribution in [2.75, 3.05) is 5.73 Å². The van der Waals surface area contributed by atoms with Gasteiger partial charge in [-0.3, -0.25) is 4.98 Å². The van der Waals surface area contributed by atoms with E-state index in [9.17, 15) is 0 Å². The van der Waals surface area contributed by atoms with E-state index in [1.807, 2.05) is 43.3 Å². The van der Waals surface area contributed by atoms with Crippen molar-refractivity contribution in [3.05, 3.63) is 59.2 Å². The number of nitrogens with two attached hydrogens (primary N) is 1. The Kier molecular flexibility index (Phi) is 3.20. The third-order valence-electron chi connectivity index (χ3n) is 3.09. The summed E-state index contributed by atoms with van der Waals surface area (Å²) in [5.41, 5.74) is 8.62. The van der Waals surface area contributed by atoms with Gasteiger partial charge in [-0.1, -0.05) is 17.7 Å². The van der Waals surface area contributed by atoms with Crippen LogP contribution in [0.5, 0.6) is 11.5 Å². The highest BCUT2D eigenvalue weighted by molar-refractivity contribution is 6.32. The number of pyridine rings is 1. The van der Waals surface area contributed by atoms with Gasteiger partial charge in [0.2, 0.25) is 0 Å². The monoisotopic (exact) mass is 284 g/mol. The number of halogens is 1. The van der Waals surface area contributed by atoms with Crippen LogP contribution in [0.25, 0.3) is 10.9 Å². The Balaban J connectivity index is 2.04. The number of aromatic nitrogens is 1. The van der Waals surface area contributed by atoms with Crippen molar-refractivity contribution in [3.63, 3.8) is 0 Å². The zero-order valence-corrected chi connectivity index (χ0v) is 11.7. The van der Waals surface area contributed by atoms with E-state index in [-0.39, 0.29) is 0 Å². The van der Waals surface area contributed by atoms with Gasteiger partial charge in [0, 0.05) is 11.6 Å². The number of fused-ring (bicyclic) bond motifs is 1. The Morgan fingerprint density at radius 2 is 1.90 bits per heavy atom. The van der Waals surface area contributed by atoms with E-state index < -0.39 is 0 Å². The standard InChI is InChI=1S/C16H13ClN2O/c1-10-4-6-14(12(17)9-10)20-15-7-5-13-11(16(15)18)3-2-8-19-13/h2-9H,18H2,1H3. The van der Waals surface area contributed by atoms with Crippen LogP contribution in [0.2, 0.25) is 5.02 Å². The van der Waals surface area contributed by atoms with Crippen molar-refractivity contribution in [3.8, 4) is 11.5 Å². The first-order chi connectivity index (χ1) is 9.65. The summed E-state index contributed by atoms with van der Waals surface area (Å²) in [6.45, 7) is 1.98. The van der Waals surface area contributed by atoms with Crippen LogP contribution in [-0.4, -0.2) is 4.98 Å². The van der Waals surface area contributed by atoms with Gasteiger partial charge in [-0.25, -0.2) is 0 Å². The number of nitrogens with zero attached hydrogens (tertiary/aromatic N) is 1. The number of hydrogen-bond acceptors (Lipinski definition) is 3. The smallest absolute Gasteiger partial charge is 0.151 e. The molecule has 0 saturated heterocycles. The number of rotatable bonds is 2. The topological polar surface area (TPSA) is 48.1 Å². The fourth-order valence-electron chi connectivity index (χ4n) is 2.05. The highest BCUT2D eigenvalue weighted by atomic mass is 35.5. The molecule has 0 unspecified atom stereocenters. The lowest BCUT2D eigenvalue weighted by atomic mass is 10.1. The van der Waals surface area contributed by atoms with Crippen LogP contribution in [0.15, 0.2) is 48.7 Å². The van der Waals surface area contributed by atoms with E-state index in [1.54, 1.807) is 12.3 Å². The lowest BCUT2D eigenvalue weighted by Gasteiger charge is -2.11. The van der Waals surface area contributed by atoms with Gasteiger partial charge in [0.05, 0.1) is 16.2 Å². The lowest BCUT2D eigenvalue weighted by molar-refractivity contribution is 0.486. The summed E-state index contributed by atoms with van der Waals surface area (Å²) in [6, 6.07) is 13.1. The average Bonchev–Trinajstić information content (AvgIpc) is 2.45. The molecule has 2 aromatic carbocycles. The minimum Gasteiger partial charge on any atom is -0.454 e. The molecule has 1 heterocycles. The molecule has 1 aromatic heterocycles. The van der Waals surface area contributed by atoms with Crippen molar-refractivity contribution in [1.29, 1.82) is 0 Å². The van der Waals surface area contributed by atoms with Gasteiger partial charge in [0.1, 0.15) is 5.75 Å². The van der Waals surface area contributed by atoms with Crippen molar-refractivity contribution in [2.45, 2.75) is 6.92 Å². The molecule has 0 amide bonds. The second-order valence-electron chi connectivity index (χ2n) is 4.58. The third-order valence-corrected chi connectivity index (χ3v) is 3.39. The predicted octanol–water partition coefficient (Wildman–Crippen LogP) is 4.57. The van der Waals surface area contributed by atoms with Gasteiger partial charge in [-0.15, -0.1) is 0 Å². The van der Waals surface area contributed by atoms with Crippen molar-refractivity contribution in [1.82, 2.24) is 4.98 Å². The molecule has 0 fully saturated rings. The van der Waals surface area contributed by atoms with E-state index in [0.29, 0.717) is 22.2 Å². The van der Waals surface area contributed by atoms with Gasteiger partial charge in [0.25, 0.3) is 0 Å².